The van der Waals surface area contributed by atoms with Crippen LogP contribution in [-0.2, 0) is 18.6 Å². The molecule has 1 aliphatic rings. The van der Waals surface area contributed by atoms with E-state index in [1.54, 1.807) is 29.0 Å². The molecule has 0 spiro atoms. The Morgan fingerprint density at radius 2 is 1.96 bits per heavy atom. The van der Waals surface area contributed by atoms with Crippen LogP contribution in [-0.4, -0.2) is 25.5 Å². The molecule has 26 heavy (non-hydrogen) atoms. The summed E-state index contributed by atoms with van der Waals surface area (Å²) in [5.41, 5.74) is 0.903. The summed E-state index contributed by atoms with van der Waals surface area (Å²) in [6.45, 7) is 0.159. The lowest BCUT2D eigenvalue weighted by Gasteiger charge is -2.15. The minimum absolute atomic E-state index is 0.0758. The highest BCUT2D eigenvalue weighted by molar-refractivity contribution is 6.17. The Bertz CT molecular complexity index is 995. The summed E-state index contributed by atoms with van der Waals surface area (Å²) in [7, 11) is 0. The van der Waals surface area contributed by atoms with Crippen LogP contribution in [0.15, 0.2) is 47.6 Å². The van der Waals surface area contributed by atoms with E-state index in [9.17, 15) is 13.2 Å². The van der Waals surface area contributed by atoms with Crippen LogP contribution in [0.2, 0.25) is 0 Å². The third-order valence-electron chi connectivity index (χ3n) is 4.02. The van der Waals surface area contributed by atoms with Gasteiger partial charge in [0, 0.05) is 11.8 Å². The van der Waals surface area contributed by atoms with Crippen LogP contribution in [0.1, 0.15) is 28.5 Å². The quantitative estimate of drug-likeness (QED) is 0.639. The van der Waals surface area contributed by atoms with Crippen LogP contribution in [0, 0.1) is 0 Å². The molecule has 5 nitrogen and oxygen atoms in total. The van der Waals surface area contributed by atoms with Crippen LogP contribution in [0.25, 0.3) is 5.69 Å². The third kappa shape index (κ3) is 2.76. The summed E-state index contributed by atoms with van der Waals surface area (Å²) in [5.74, 6) is 1.03. The predicted octanol–water partition coefficient (Wildman–Crippen LogP) is 3.77. The van der Waals surface area contributed by atoms with Crippen LogP contribution in [0.3, 0.4) is 0 Å². The van der Waals surface area contributed by atoms with Crippen molar-refractivity contribution in [2.75, 3.05) is 0 Å². The number of pyridine rings is 1. The number of halogens is 4. The first-order chi connectivity index (χ1) is 12.5. The van der Waals surface area contributed by atoms with Crippen molar-refractivity contribution in [3.8, 4) is 5.69 Å². The molecule has 9 heteroatoms. The first kappa shape index (κ1) is 16.7. The highest BCUT2D eigenvalue weighted by atomic mass is 35.5. The molecule has 3 heterocycles. The molecule has 0 bridgehead atoms. The largest absolute Gasteiger partial charge is 0.416 e. The number of nitrogens with zero attached hydrogens (tertiary/aromatic N) is 5. The molecule has 0 fully saturated rings. The molecule has 2 aromatic heterocycles. The van der Waals surface area contributed by atoms with Crippen molar-refractivity contribution in [2.45, 2.75) is 18.6 Å². The Balaban J connectivity index is 2.00. The fourth-order valence-electron chi connectivity index (χ4n) is 2.87. The second-order valence-corrected chi connectivity index (χ2v) is 5.88. The molecule has 0 radical (unpaired) electrons. The number of aromatic nitrogens is 4. The number of benzene rings is 1. The monoisotopic (exact) mass is 377 g/mol. The van der Waals surface area contributed by atoms with Crippen LogP contribution in [0.4, 0.5) is 13.2 Å². The molecule has 0 aliphatic carbocycles. The van der Waals surface area contributed by atoms with Gasteiger partial charge in [0.15, 0.2) is 11.6 Å². The zero-order valence-electron chi connectivity index (χ0n) is 13.2. The Hall–Kier alpha value is -2.74. The van der Waals surface area contributed by atoms with E-state index in [2.05, 4.69) is 20.2 Å². The number of rotatable bonds is 2. The number of alkyl halides is 4. The molecule has 132 valence electrons. The van der Waals surface area contributed by atoms with Gasteiger partial charge in [0.1, 0.15) is 6.54 Å². The maximum Gasteiger partial charge on any atom is 0.416 e. The average Bonchev–Trinajstić information content (AvgIpc) is 2.97. The lowest BCUT2D eigenvalue weighted by molar-refractivity contribution is -0.137. The van der Waals surface area contributed by atoms with Gasteiger partial charge in [-0.2, -0.15) is 13.2 Å². The SMILES string of the molecule is FC(F)(F)c1ccc2c(c1)C(c1ccccn1)=NCc1nnc(CCl)n1-2. The van der Waals surface area contributed by atoms with Crippen molar-refractivity contribution in [1.82, 2.24) is 19.7 Å². The van der Waals surface area contributed by atoms with E-state index in [4.69, 9.17) is 11.6 Å². The maximum absolute atomic E-state index is 13.3. The summed E-state index contributed by atoms with van der Waals surface area (Å²) in [5, 5.41) is 8.06. The lowest BCUT2D eigenvalue weighted by atomic mass is 10.0. The van der Waals surface area contributed by atoms with E-state index in [0.717, 1.165) is 12.1 Å². The minimum atomic E-state index is -4.47. The maximum atomic E-state index is 13.3. The van der Waals surface area contributed by atoms with E-state index in [0.29, 0.717) is 34.3 Å². The predicted molar refractivity (Wildman–Crippen MR) is 89.5 cm³/mol. The smallest absolute Gasteiger partial charge is 0.280 e. The molecule has 0 saturated carbocycles. The van der Waals surface area contributed by atoms with Gasteiger partial charge in [-0.25, -0.2) is 0 Å². The van der Waals surface area contributed by atoms with E-state index in [1.165, 1.54) is 6.07 Å². The first-order valence-corrected chi connectivity index (χ1v) is 8.19. The second kappa shape index (κ2) is 6.21. The number of fused-ring (bicyclic) bond motifs is 3. The van der Waals surface area contributed by atoms with Gasteiger partial charge in [-0.05, 0) is 30.3 Å². The fourth-order valence-corrected chi connectivity index (χ4v) is 3.05. The Labute approximate surface area is 151 Å². The van der Waals surface area contributed by atoms with Crippen LogP contribution >= 0.6 is 11.6 Å². The Kier molecular flexibility index (Phi) is 3.99. The summed E-state index contributed by atoms with van der Waals surface area (Å²) < 4.78 is 41.4. The standard InChI is InChI=1S/C17H11ClF3N5/c18-8-14-24-25-15-9-23-16(12-3-1-2-6-22-12)11-7-10(17(19,20)21)4-5-13(11)26(14)15/h1-7H,8-9H2. The molecular formula is C17H11ClF3N5. The zero-order chi connectivity index (χ0) is 18.3. The molecule has 0 unspecified atom stereocenters. The molecule has 1 aliphatic heterocycles. The number of aliphatic imine (C=N–C) groups is 1. The third-order valence-corrected chi connectivity index (χ3v) is 4.26. The molecule has 4 rings (SSSR count). The van der Waals surface area contributed by atoms with Crippen molar-refractivity contribution in [2.24, 2.45) is 4.99 Å². The van der Waals surface area contributed by atoms with E-state index < -0.39 is 11.7 Å². The molecule has 1 aromatic carbocycles. The summed E-state index contributed by atoms with van der Waals surface area (Å²) in [6, 6.07) is 8.70. The van der Waals surface area contributed by atoms with Gasteiger partial charge in [-0.3, -0.25) is 14.5 Å². The summed E-state index contributed by atoms with van der Waals surface area (Å²) in [6.07, 6.45) is -2.90. The van der Waals surface area contributed by atoms with Gasteiger partial charge in [-0.15, -0.1) is 21.8 Å². The molecule has 0 N–H and O–H groups in total. The van der Waals surface area contributed by atoms with Crippen LogP contribution < -0.4 is 0 Å². The van der Waals surface area contributed by atoms with Crippen molar-refractivity contribution in [3.63, 3.8) is 0 Å². The van der Waals surface area contributed by atoms with Gasteiger partial charge >= 0.3 is 6.18 Å². The molecule has 3 aromatic rings. The van der Waals surface area contributed by atoms with E-state index in [-0.39, 0.29) is 12.4 Å². The number of hydrogen-bond acceptors (Lipinski definition) is 4. The van der Waals surface area contributed by atoms with E-state index >= 15 is 0 Å². The zero-order valence-corrected chi connectivity index (χ0v) is 14.0. The molecular weight excluding hydrogens is 367 g/mol. The first-order valence-electron chi connectivity index (χ1n) is 7.66. The minimum Gasteiger partial charge on any atom is -0.280 e. The summed E-state index contributed by atoms with van der Waals surface area (Å²) in [4.78, 5) is 8.71. The highest BCUT2D eigenvalue weighted by Crippen LogP contribution is 2.34. The second-order valence-electron chi connectivity index (χ2n) is 5.61. The van der Waals surface area contributed by atoms with Crippen molar-refractivity contribution in [1.29, 1.82) is 0 Å². The fraction of sp³-hybridized carbons (Fsp3) is 0.176. The van der Waals surface area contributed by atoms with Gasteiger partial charge in [0.05, 0.1) is 28.5 Å². The van der Waals surface area contributed by atoms with Gasteiger partial charge in [0.2, 0.25) is 0 Å². The van der Waals surface area contributed by atoms with E-state index in [1.807, 2.05) is 0 Å². The number of hydrogen-bond donors (Lipinski definition) is 0. The highest BCUT2D eigenvalue weighted by Gasteiger charge is 2.33. The summed E-state index contributed by atoms with van der Waals surface area (Å²) >= 11 is 5.93. The average molecular weight is 378 g/mol. The van der Waals surface area contributed by atoms with Crippen molar-refractivity contribution in [3.05, 3.63) is 71.1 Å². The Morgan fingerprint density at radius 3 is 2.65 bits per heavy atom. The Morgan fingerprint density at radius 1 is 1.12 bits per heavy atom. The van der Waals surface area contributed by atoms with Gasteiger partial charge in [0.25, 0.3) is 0 Å². The topological polar surface area (TPSA) is 56.0 Å². The molecule has 0 amide bonds. The van der Waals surface area contributed by atoms with Crippen molar-refractivity contribution >= 4 is 17.3 Å². The van der Waals surface area contributed by atoms with Crippen molar-refractivity contribution < 1.29 is 13.2 Å². The van der Waals surface area contributed by atoms with Gasteiger partial charge < -0.3 is 0 Å². The molecule has 0 atom stereocenters. The lowest BCUT2D eigenvalue weighted by Crippen LogP contribution is -2.13. The normalized spacial score (nSPS) is 13.6. The van der Waals surface area contributed by atoms with Gasteiger partial charge in [-0.1, -0.05) is 6.07 Å². The van der Waals surface area contributed by atoms with Crippen LogP contribution in [0.5, 0.6) is 0 Å². The molecule has 0 saturated heterocycles.